The second-order valence-electron chi connectivity index (χ2n) is 8.40. The van der Waals surface area contributed by atoms with Gasteiger partial charge in [-0.1, -0.05) is 78.9 Å². The lowest BCUT2D eigenvalue weighted by molar-refractivity contribution is 0.121. The molecule has 7 heteroatoms. The number of hydrogen-bond acceptors (Lipinski definition) is 6. The molecule has 0 aliphatic carbocycles. The minimum atomic E-state index is -0.827. The fraction of sp³-hybridized carbons (Fsp3) is 0.0968. The molecule has 0 saturated carbocycles. The van der Waals surface area contributed by atoms with Crippen LogP contribution in [0.1, 0.15) is 17.4 Å². The Kier molecular flexibility index (Phi) is 7.96. The Morgan fingerprint density at radius 3 is 1.92 bits per heavy atom. The van der Waals surface area contributed by atoms with Gasteiger partial charge in [-0.2, -0.15) is 0 Å². The molecule has 2 amide bonds. The van der Waals surface area contributed by atoms with E-state index in [1.807, 2.05) is 72.1 Å². The fourth-order valence-corrected chi connectivity index (χ4v) is 4.77. The monoisotopic (exact) mass is 523 g/mol. The summed E-state index contributed by atoms with van der Waals surface area (Å²) in [6.07, 6.45) is -1.73. The quantitative estimate of drug-likeness (QED) is 0.206. The Labute approximate surface area is 224 Å². The summed E-state index contributed by atoms with van der Waals surface area (Å²) in [5.74, 6) is 1.39. The second-order valence-corrected chi connectivity index (χ2v) is 9.38. The predicted molar refractivity (Wildman–Crippen MR) is 148 cm³/mol. The van der Waals surface area contributed by atoms with Crippen molar-refractivity contribution in [3.63, 3.8) is 0 Å². The molecule has 1 aromatic heterocycles. The van der Waals surface area contributed by atoms with Crippen LogP contribution < -0.4 is 14.2 Å². The van der Waals surface area contributed by atoms with Crippen LogP contribution in [-0.2, 0) is 0 Å². The van der Waals surface area contributed by atoms with Crippen molar-refractivity contribution in [2.24, 2.45) is 0 Å². The fourth-order valence-electron chi connectivity index (χ4n) is 3.98. The smallest absolute Gasteiger partial charge is 0.424 e. The van der Waals surface area contributed by atoms with Gasteiger partial charge in [0.25, 0.3) is 0 Å². The third kappa shape index (κ3) is 6.19. The Morgan fingerprint density at radius 1 is 0.684 bits per heavy atom. The molecule has 1 atom stereocenters. The maximum absolute atomic E-state index is 13.1. The summed E-state index contributed by atoms with van der Waals surface area (Å²) in [7, 11) is 0. The summed E-state index contributed by atoms with van der Waals surface area (Å²) in [4.78, 5) is 28.2. The highest BCUT2D eigenvalue weighted by Crippen LogP contribution is 2.33. The molecule has 0 radical (unpaired) electrons. The highest BCUT2D eigenvalue weighted by atomic mass is 32.1. The second kappa shape index (κ2) is 12.1. The van der Waals surface area contributed by atoms with Crippen LogP contribution in [0.2, 0.25) is 0 Å². The van der Waals surface area contributed by atoms with Crippen molar-refractivity contribution in [1.82, 2.24) is 4.90 Å². The van der Waals surface area contributed by atoms with Crippen molar-refractivity contribution in [2.75, 3.05) is 6.54 Å². The zero-order chi connectivity index (χ0) is 26.2. The molecule has 190 valence electrons. The van der Waals surface area contributed by atoms with Gasteiger partial charge in [0.05, 0.1) is 0 Å². The van der Waals surface area contributed by atoms with Gasteiger partial charge < -0.3 is 14.2 Å². The molecule has 1 heterocycles. The van der Waals surface area contributed by atoms with Crippen LogP contribution in [0.3, 0.4) is 0 Å². The van der Waals surface area contributed by atoms with E-state index in [1.54, 1.807) is 59.9 Å². The Morgan fingerprint density at radius 2 is 1.29 bits per heavy atom. The average Bonchev–Trinajstić information content (AvgIpc) is 3.49. The summed E-state index contributed by atoms with van der Waals surface area (Å²) in [5.41, 5.74) is 0. The summed E-state index contributed by atoms with van der Waals surface area (Å²) in [5, 5.41) is 4.02. The van der Waals surface area contributed by atoms with Gasteiger partial charge in [-0.25, -0.2) is 14.5 Å². The van der Waals surface area contributed by atoms with E-state index >= 15 is 0 Å². The average molecular weight is 524 g/mol. The molecule has 0 unspecified atom stereocenters. The molecule has 0 aliphatic rings. The number of fused-ring (bicyclic) bond motifs is 1. The standard InChI is InChI=1S/C31H25NO5S/c33-30(35-24-13-3-1-4-14-24)32(31(34)36-25-15-5-2-6-16-25)21-20-28(29-19-10-22-38-29)37-27-18-9-12-23-11-7-8-17-26(23)27/h1-19,22,28H,20-21H2/t28-/m0/s1. The SMILES string of the molecule is O=C(Oc1ccccc1)N(CC[C@H](Oc1cccc2ccccc12)c1cccs1)C(=O)Oc1ccccc1. The molecule has 5 aromatic rings. The van der Waals surface area contributed by atoms with Crippen LogP contribution in [0.25, 0.3) is 10.8 Å². The summed E-state index contributed by atoms with van der Waals surface area (Å²) >= 11 is 1.55. The topological polar surface area (TPSA) is 65.1 Å². The van der Waals surface area contributed by atoms with Crippen molar-refractivity contribution in [3.8, 4) is 17.2 Å². The number of rotatable bonds is 8. The Hall–Kier alpha value is -4.62. The zero-order valence-corrected chi connectivity index (χ0v) is 21.3. The van der Waals surface area contributed by atoms with Gasteiger partial charge in [-0.15, -0.1) is 11.3 Å². The molecule has 6 nitrogen and oxygen atoms in total. The van der Waals surface area contributed by atoms with Crippen LogP contribution in [0.5, 0.6) is 17.2 Å². The molecule has 5 rings (SSSR count). The van der Waals surface area contributed by atoms with Crippen LogP contribution in [0, 0.1) is 0 Å². The van der Waals surface area contributed by atoms with Gasteiger partial charge in [0, 0.05) is 23.2 Å². The van der Waals surface area contributed by atoms with Crippen molar-refractivity contribution in [1.29, 1.82) is 0 Å². The molecular formula is C31H25NO5S. The highest BCUT2D eigenvalue weighted by Gasteiger charge is 2.28. The first-order valence-electron chi connectivity index (χ1n) is 12.2. The van der Waals surface area contributed by atoms with Crippen LogP contribution >= 0.6 is 11.3 Å². The molecule has 4 aromatic carbocycles. The van der Waals surface area contributed by atoms with Gasteiger partial charge in [-0.3, -0.25) is 0 Å². The molecule has 0 spiro atoms. The van der Waals surface area contributed by atoms with Gasteiger partial charge in [0.15, 0.2) is 0 Å². The van der Waals surface area contributed by atoms with E-state index in [4.69, 9.17) is 14.2 Å². The number of nitrogens with zero attached hydrogens (tertiary/aromatic N) is 1. The van der Waals surface area contributed by atoms with E-state index in [1.165, 1.54) is 0 Å². The first-order chi connectivity index (χ1) is 18.7. The van der Waals surface area contributed by atoms with E-state index in [0.717, 1.165) is 26.3 Å². The van der Waals surface area contributed by atoms with Crippen LogP contribution in [-0.4, -0.2) is 23.6 Å². The van der Waals surface area contributed by atoms with Crippen LogP contribution in [0.15, 0.2) is 121 Å². The number of benzene rings is 4. The number of carbonyl (C=O) groups is 2. The number of hydrogen-bond donors (Lipinski definition) is 0. The molecule has 0 bridgehead atoms. The van der Waals surface area contributed by atoms with Crippen molar-refractivity contribution in [2.45, 2.75) is 12.5 Å². The Bertz CT molecular complexity index is 1430. The number of para-hydroxylation sites is 2. The number of amides is 2. The molecule has 0 N–H and O–H groups in total. The maximum Gasteiger partial charge on any atom is 0.424 e. The molecule has 38 heavy (non-hydrogen) atoms. The van der Waals surface area contributed by atoms with Gasteiger partial charge in [0.2, 0.25) is 0 Å². The van der Waals surface area contributed by atoms with Crippen LogP contribution in [0.4, 0.5) is 9.59 Å². The predicted octanol–water partition coefficient (Wildman–Crippen LogP) is 8.11. The lowest BCUT2D eigenvalue weighted by Crippen LogP contribution is -2.42. The third-order valence-electron chi connectivity index (χ3n) is 5.83. The number of thiophene rings is 1. The molecular weight excluding hydrogens is 498 g/mol. The minimum Gasteiger partial charge on any atom is -0.484 e. The molecule has 0 fully saturated rings. The summed E-state index contributed by atoms with van der Waals surface area (Å²) in [6, 6.07) is 35.1. The molecule has 0 aliphatic heterocycles. The molecule has 0 saturated heterocycles. The van der Waals surface area contributed by atoms with E-state index in [0.29, 0.717) is 17.9 Å². The van der Waals surface area contributed by atoms with E-state index < -0.39 is 18.3 Å². The third-order valence-corrected chi connectivity index (χ3v) is 6.80. The lowest BCUT2D eigenvalue weighted by Gasteiger charge is -2.24. The van der Waals surface area contributed by atoms with Gasteiger partial charge >= 0.3 is 12.2 Å². The Balaban J connectivity index is 1.38. The van der Waals surface area contributed by atoms with Crippen molar-refractivity contribution < 1.29 is 23.8 Å². The van der Waals surface area contributed by atoms with E-state index in [2.05, 4.69) is 0 Å². The largest absolute Gasteiger partial charge is 0.484 e. The first-order valence-corrected chi connectivity index (χ1v) is 13.0. The number of carbonyl (C=O) groups excluding carboxylic acids is 2. The van der Waals surface area contributed by atoms with Crippen molar-refractivity contribution >= 4 is 34.3 Å². The lowest BCUT2D eigenvalue weighted by atomic mass is 10.1. The normalized spacial score (nSPS) is 11.5. The maximum atomic E-state index is 13.1. The summed E-state index contributed by atoms with van der Waals surface area (Å²) in [6.45, 7) is 0.0185. The van der Waals surface area contributed by atoms with Gasteiger partial charge in [-0.05, 0) is 47.2 Å². The summed E-state index contributed by atoms with van der Waals surface area (Å²) < 4.78 is 17.5. The van der Waals surface area contributed by atoms with E-state index in [9.17, 15) is 9.59 Å². The van der Waals surface area contributed by atoms with E-state index in [-0.39, 0.29) is 6.54 Å². The number of imide groups is 1. The number of ether oxygens (including phenoxy) is 3. The van der Waals surface area contributed by atoms with Crippen molar-refractivity contribution in [3.05, 3.63) is 126 Å². The zero-order valence-electron chi connectivity index (χ0n) is 20.4. The van der Waals surface area contributed by atoms with Gasteiger partial charge in [0.1, 0.15) is 23.4 Å². The highest BCUT2D eigenvalue weighted by molar-refractivity contribution is 7.10. The first kappa shape index (κ1) is 25.0. The minimum absolute atomic E-state index is 0.0185.